The van der Waals surface area contributed by atoms with E-state index in [2.05, 4.69) is 14.8 Å². The molecule has 146 valence electrons. The summed E-state index contributed by atoms with van der Waals surface area (Å²) in [7, 11) is -2.61. The highest BCUT2D eigenvalue weighted by molar-refractivity contribution is 7.89. The first-order chi connectivity index (χ1) is 12.5. The van der Waals surface area contributed by atoms with Crippen LogP contribution in [0.15, 0.2) is 47.4 Å². The van der Waals surface area contributed by atoms with Crippen LogP contribution in [-0.2, 0) is 10.0 Å². The molecule has 1 amide bonds. The third-order valence-corrected chi connectivity index (χ3v) is 5.03. The molecule has 0 saturated carbocycles. The molecule has 2 N–H and O–H groups in total. The van der Waals surface area contributed by atoms with Gasteiger partial charge in [0.15, 0.2) is 6.61 Å². The molecular formula is C16H14ClF3N2O4S. The summed E-state index contributed by atoms with van der Waals surface area (Å²) in [4.78, 5) is 12.3. The zero-order chi connectivity index (χ0) is 20.2. The van der Waals surface area contributed by atoms with Crippen molar-refractivity contribution in [2.24, 2.45) is 0 Å². The Labute approximate surface area is 158 Å². The lowest BCUT2D eigenvalue weighted by Gasteiger charge is -2.14. The highest BCUT2D eigenvalue weighted by atomic mass is 35.5. The molecule has 6 nitrogen and oxygen atoms in total. The molecule has 0 atom stereocenters. The first-order valence-corrected chi connectivity index (χ1v) is 9.22. The van der Waals surface area contributed by atoms with Crippen LogP contribution in [0.1, 0.15) is 10.4 Å². The molecule has 0 radical (unpaired) electrons. The number of halogens is 4. The van der Waals surface area contributed by atoms with Gasteiger partial charge in [0.1, 0.15) is 5.75 Å². The summed E-state index contributed by atoms with van der Waals surface area (Å²) in [5, 5.41) is 2.34. The first-order valence-electron chi connectivity index (χ1n) is 7.36. The number of alkyl halides is 3. The molecule has 27 heavy (non-hydrogen) atoms. The molecule has 0 unspecified atom stereocenters. The Hall–Kier alpha value is -2.30. The summed E-state index contributed by atoms with van der Waals surface area (Å²) >= 11 is 5.96. The average Bonchev–Trinajstić information content (AvgIpc) is 2.60. The van der Waals surface area contributed by atoms with E-state index in [1.165, 1.54) is 43.4 Å². The monoisotopic (exact) mass is 422 g/mol. The van der Waals surface area contributed by atoms with Gasteiger partial charge in [0, 0.05) is 0 Å². The SMILES string of the molecule is CNS(=O)(=O)c1ccc(Cl)c(C(=O)Nc2ccccc2OCC(F)(F)F)c1. The van der Waals surface area contributed by atoms with Crippen LogP contribution in [0.2, 0.25) is 5.02 Å². The van der Waals surface area contributed by atoms with Crippen molar-refractivity contribution in [1.82, 2.24) is 4.72 Å². The third kappa shape index (κ3) is 5.59. The number of nitrogens with one attached hydrogen (secondary N) is 2. The van der Waals surface area contributed by atoms with Gasteiger partial charge in [0.05, 0.1) is 21.2 Å². The van der Waals surface area contributed by atoms with Crippen LogP contribution >= 0.6 is 11.6 Å². The number of hydrogen-bond acceptors (Lipinski definition) is 4. The molecule has 2 rings (SSSR count). The van der Waals surface area contributed by atoms with Crippen LogP contribution in [0.3, 0.4) is 0 Å². The zero-order valence-electron chi connectivity index (χ0n) is 13.8. The number of benzene rings is 2. The summed E-state index contributed by atoms with van der Waals surface area (Å²) in [5.74, 6) is -1.01. The third-order valence-electron chi connectivity index (χ3n) is 3.29. The first kappa shape index (κ1) is 21.0. The van der Waals surface area contributed by atoms with E-state index < -0.39 is 28.7 Å². The fourth-order valence-corrected chi connectivity index (χ4v) is 2.97. The largest absolute Gasteiger partial charge is 0.482 e. The summed E-state index contributed by atoms with van der Waals surface area (Å²) in [6, 6.07) is 9.02. The minimum atomic E-state index is -4.55. The van der Waals surface area contributed by atoms with E-state index in [4.69, 9.17) is 11.6 Å². The minimum absolute atomic E-state index is 0.0234. The van der Waals surface area contributed by atoms with E-state index in [1.54, 1.807) is 0 Å². The number of hydrogen-bond donors (Lipinski definition) is 2. The van der Waals surface area contributed by atoms with Crippen molar-refractivity contribution in [3.05, 3.63) is 53.1 Å². The van der Waals surface area contributed by atoms with Crippen molar-refractivity contribution in [1.29, 1.82) is 0 Å². The van der Waals surface area contributed by atoms with E-state index in [-0.39, 0.29) is 26.9 Å². The van der Waals surface area contributed by atoms with Crippen molar-refractivity contribution >= 4 is 33.2 Å². The lowest BCUT2D eigenvalue weighted by Crippen LogP contribution is -2.21. The quantitative estimate of drug-likeness (QED) is 0.746. The standard InChI is InChI=1S/C16H14ClF3N2O4S/c1-21-27(24,25)10-6-7-12(17)11(8-10)15(23)22-13-4-2-3-5-14(13)26-9-16(18,19)20/h2-8,21H,9H2,1H3,(H,22,23). The Bertz CT molecular complexity index is 949. The van der Waals surface area contributed by atoms with Gasteiger partial charge < -0.3 is 10.1 Å². The van der Waals surface area contributed by atoms with E-state index in [0.717, 1.165) is 6.07 Å². The number of anilines is 1. The molecular weight excluding hydrogens is 409 g/mol. The fraction of sp³-hybridized carbons (Fsp3) is 0.188. The zero-order valence-corrected chi connectivity index (χ0v) is 15.4. The van der Waals surface area contributed by atoms with Crippen LogP contribution < -0.4 is 14.8 Å². The lowest BCUT2D eigenvalue weighted by molar-refractivity contribution is -0.153. The molecule has 0 aromatic heterocycles. The van der Waals surface area contributed by atoms with Crippen LogP contribution in [0.25, 0.3) is 0 Å². The predicted octanol–water partition coefficient (Wildman–Crippen LogP) is 3.44. The Morgan fingerprint density at radius 1 is 1.19 bits per heavy atom. The van der Waals surface area contributed by atoms with Crippen molar-refractivity contribution in [3.63, 3.8) is 0 Å². The second kappa shape index (κ2) is 8.15. The van der Waals surface area contributed by atoms with Gasteiger partial charge in [-0.05, 0) is 37.4 Å². The number of rotatable bonds is 6. The molecule has 0 aliphatic carbocycles. The summed E-state index contributed by atoms with van der Waals surface area (Å²) < 4.78 is 67.6. The minimum Gasteiger partial charge on any atom is -0.482 e. The molecule has 2 aromatic carbocycles. The summed E-state index contributed by atoms with van der Waals surface area (Å²) in [6.45, 7) is -1.53. The molecule has 2 aromatic rings. The molecule has 0 aliphatic rings. The number of para-hydroxylation sites is 2. The average molecular weight is 423 g/mol. The maximum Gasteiger partial charge on any atom is 0.422 e. The van der Waals surface area contributed by atoms with Crippen LogP contribution in [-0.4, -0.2) is 34.2 Å². The number of amides is 1. The van der Waals surface area contributed by atoms with Crippen LogP contribution in [0, 0.1) is 0 Å². The topological polar surface area (TPSA) is 84.5 Å². The normalized spacial score (nSPS) is 11.9. The van der Waals surface area contributed by atoms with Crippen molar-refractivity contribution < 1.29 is 31.1 Å². The fourth-order valence-electron chi connectivity index (χ4n) is 2.01. The molecule has 0 bridgehead atoms. The summed E-state index contributed by atoms with van der Waals surface area (Å²) in [6.07, 6.45) is -4.55. The number of carbonyl (C=O) groups excluding carboxylic acids is 1. The van der Waals surface area contributed by atoms with Gasteiger partial charge in [-0.2, -0.15) is 13.2 Å². The Kier molecular flexibility index (Phi) is 6.34. The van der Waals surface area contributed by atoms with Gasteiger partial charge >= 0.3 is 6.18 Å². The second-order valence-corrected chi connectivity index (χ2v) is 7.50. The predicted molar refractivity (Wildman–Crippen MR) is 93.6 cm³/mol. The maximum absolute atomic E-state index is 12.5. The molecule has 0 heterocycles. The number of carbonyl (C=O) groups is 1. The van der Waals surface area contributed by atoms with Gasteiger partial charge in [-0.25, -0.2) is 13.1 Å². The van der Waals surface area contributed by atoms with Crippen molar-refractivity contribution in [2.45, 2.75) is 11.1 Å². The van der Waals surface area contributed by atoms with Gasteiger partial charge in [-0.15, -0.1) is 0 Å². The van der Waals surface area contributed by atoms with Crippen LogP contribution in [0.4, 0.5) is 18.9 Å². The van der Waals surface area contributed by atoms with Crippen molar-refractivity contribution in [2.75, 3.05) is 19.0 Å². The summed E-state index contributed by atoms with van der Waals surface area (Å²) in [5.41, 5.74) is -0.191. The smallest absolute Gasteiger partial charge is 0.422 e. The number of sulfonamides is 1. The Morgan fingerprint density at radius 2 is 1.85 bits per heavy atom. The molecule has 11 heteroatoms. The molecule has 0 saturated heterocycles. The Morgan fingerprint density at radius 3 is 2.48 bits per heavy atom. The Balaban J connectivity index is 2.30. The van der Waals surface area contributed by atoms with Crippen LogP contribution in [0.5, 0.6) is 5.75 Å². The molecule has 0 fully saturated rings. The van der Waals surface area contributed by atoms with E-state index in [1.807, 2.05) is 0 Å². The number of ether oxygens (including phenoxy) is 1. The highest BCUT2D eigenvalue weighted by Gasteiger charge is 2.29. The second-order valence-electron chi connectivity index (χ2n) is 5.20. The molecule has 0 aliphatic heterocycles. The van der Waals surface area contributed by atoms with Gasteiger partial charge in [0.2, 0.25) is 10.0 Å². The molecule has 0 spiro atoms. The van der Waals surface area contributed by atoms with Gasteiger partial charge in [-0.1, -0.05) is 23.7 Å². The van der Waals surface area contributed by atoms with E-state index >= 15 is 0 Å². The van der Waals surface area contributed by atoms with E-state index in [0.29, 0.717) is 0 Å². The van der Waals surface area contributed by atoms with E-state index in [9.17, 15) is 26.4 Å². The maximum atomic E-state index is 12.5. The highest BCUT2D eigenvalue weighted by Crippen LogP contribution is 2.28. The lowest BCUT2D eigenvalue weighted by atomic mass is 10.2. The van der Waals surface area contributed by atoms with Crippen molar-refractivity contribution in [3.8, 4) is 5.75 Å². The van der Waals surface area contributed by atoms with Gasteiger partial charge in [0.25, 0.3) is 5.91 Å². The van der Waals surface area contributed by atoms with Gasteiger partial charge in [-0.3, -0.25) is 4.79 Å².